The zero-order valence-electron chi connectivity index (χ0n) is 47.1. The van der Waals surface area contributed by atoms with Gasteiger partial charge in [0, 0.05) is 82.3 Å². The van der Waals surface area contributed by atoms with Gasteiger partial charge in [0.15, 0.2) is 12.6 Å². The van der Waals surface area contributed by atoms with Crippen molar-refractivity contribution in [1.82, 2.24) is 34.8 Å². The number of aliphatic hydroxyl groups is 5. The summed E-state index contributed by atoms with van der Waals surface area (Å²) in [5, 5.41) is 68.6. The molecule has 3 saturated heterocycles. The number of ether oxygens (including phenoxy) is 7. The molecule has 0 aliphatic carbocycles. The van der Waals surface area contributed by atoms with Gasteiger partial charge in [-0.3, -0.25) is 4.79 Å². The molecular weight excluding hydrogens is 986 g/mol. The molecule has 76 heavy (non-hydrogen) atoms. The summed E-state index contributed by atoms with van der Waals surface area (Å²) < 4.78 is 60.6. The van der Waals surface area contributed by atoms with E-state index in [2.05, 4.69) is 20.3 Å². The van der Waals surface area contributed by atoms with E-state index in [-0.39, 0.29) is 25.2 Å². The molecule has 3 aliphatic heterocycles. The third kappa shape index (κ3) is 14.0. The normalized spacial score (nSPS) is 38.5. The first kappa shape index (κ1) is 61.5. The minimum absolute atomic E-state index is 0.0821. The molecule has 3 aromatic rings. The van der Waals surface area contributed by atoms with Gasteiger partial charge in [0.1, 0.15) is 55.2 Å². The molecule has 0 bridgehead atoms. The van der Waals surface area contributed by atoms with Crippen LogP contribution in [0.4, 0.5) is 4.39 Å². The fourth-order valence-corrected chi connectivity index (χ4v) is 11.8. The average molecular weight is 1070 g/mol. The Morgan fingerprint density at radius 1 is 0.934 bits per heavy atom. The summed E-state index contributed by atoms with van der Waals surface area (Å²) in [6, 6.07) is 5.70. The topological polar surface area (TPSA) is 246 Å². The monoisotopic (exact) mass is 1070 g/mol. The second kappa shape index (κ2) is 26.1. The molecule has 3 aliphatic rings. The summed E-state index contributed by atoms with van der Waals surface area (Å²) in [6.07, 6.45) is -3.14. The van der Waals surface area contributed by atoms with E-state index in [1.807, 2.05) is 62.0 Å². The maximum Gasteiger partial charge on any atom is 0.311 e. The van der Waals surface area contributed by atoms with Gasteiger partial charge < -0.3 is 68.5 Å². The lowest BCUT2D eigenvalue weighted by Gasteiger charge is -2.49. The minimum Gasteiger partial charge on any atom is -0.459 e. The molecule has 428 valence electrons. The van der Waals surface area contributed by atoms with Gasteiger partial charge in [-0.2, -0.15) is 0 Å². The smallest absolute Gasteiger partial charge is 0.311 e. The van der Waals surface area contributed by atoms with Gasteiger partial charge in [-0.05, 0) is 98.9 Å². The van der Waals surface area contributed by atoms with Crippen LogP contribution >= 0.6 is 0 Å². The van der Waals surface area contributed by atoms with Crippen molar-refractivity contribution in [2.45, 2.75) is 204 Å². The molecular formula is C55H88FN7O13. The third-order valence-corrected chi connectivity index (χ3v) is 16.6. The Bertz CT molecular complexity index is 2270. The number of esters is 1. The Labute approximate surface area is 448 Å². The van der Waals surface area contributed by atoms with Crippen molar-refractivity contribution in [3.8, 4) is 11.1 Å². The highest BCUT2D eigenvalue weighted by Crippen LogP contribution is 2.41. The standard InChI is InChI=1S/C55H88FN7O13/c1-15-43-55(10,69)48(65)35(6)62(12)28-31(2)23-53(8,68)50(33(4)46(34(5)51(67)74-43)75-44-24-54(9,71-14)49(66)36(7)73-44)76-52-45(64)41(22-32(3)72-52)61(11)21-20-40-29-63(60-59-40)42(25-56)47(70-13)38-18-16-37(17-19-38)39-26-57-30-58-27-39/h16-19,26-27,29-36,41-50,52,64-66,68-69H,15,20-25,28H2,1-14H3/t31-,32-,33+,34-,35-,36+,41+,42-,43-,44+,45-,46+,47-,48-,49+,50-,52+,53-,54-,55-/m1/s1. The van der Waals surface area contributed by atoms with Crippen LogP contribution in [0.1, 0.15) is 118 Å². The van der Waals surface area contributed by atoms with Crippen molar-refractivity contribution in [3.63, 3.8) is 0 Å². The molecule has 20 nitrogen and oxygen atoms in total. The lowest BCUT2D eigenvalue weighted by atomic mass is 9.77. The lowest BCUT2D eigenvalue weighted by Crippen LogP contribution is -2.61. The van der Waals surface area contributed by atoms with Gasteiger partial charge in [-0.25, -0.2) is 19.0 Å². The van der Waals surface area contributed by atoms with E-state index in [0.717, 1.165) is 16.7 Å². The molecule has 0 spiro atoms. The summed E-state index contributed by atoms with van der Waals surface area (Å²) >= 11 is 0. The Hall–Kier alpha value is -3.68. The Balaban J connectivity index is 1.25. The van der Waals surface area contributed by atoms with Crippen LogP contribution in [0.25, 0.3) is 11.1 Å². The quantitative estimate of drug-likeness (QED) is 0.124. The number of carbonyl (C=O) groups excluding carboxylic acids is 1. The van der Waals surface area contributed by atoms with E-state index in [4.69, 9.17) is 33.2 Å². The maximum absolute atomic E-state index is 14.9. The fourth-order valence-electron chi connectivity index (χ4n) is 11.8. The van der Waals surface area contributed by atoms with E-state index < -0.39 is 127 Å². The van der Waals surface area contributed by atoms with Crippen LogP contribution in [0, 0.1) is 17.8 Å². The summed E-state index contributed by atoms with van der Waals surface area (Å²) in [5.74, 6) is -2.89. The number of cyclic esters (lactones) is 1. The molecule has 3 fully saturated rings. The van der Waals surface area contributed by atoms with Crippen LogP contribution in [-0.2, 0) is 44.4 Å². The molecule has 1 aromatic carbocycles. The van der Waals surface area contributed by atoms with Gasteiger partial charge in [0.2, 0.25) is 0 Å². The lowest BCUT2D eigenvalue weighted by molar-refractivity contribution is -0.318. The van der Waals surface area contributed by atoms with E-state index >= 15 is 0 Å². The minimum atomic E-state index is -1.85. The maximum atomic E-state index is 14.9. The molecule has 5 N–H and O–H groups in total. The molecule has 20 atom stereocenters. The van der Waals surface area contributed by atoms with Crippen molar-refractivity contribution in [2.24, 2.45) is 17.8 Å². The van der Waals surface area contributed by atoms with Gasteiger partial charge in [-0.1, -0.05) is 50.3 Å². The number of benzene rings is 1. The second-order valence-corrected chi connectivity index (χ2v) is 22.7. The molecule has 2 aromatic heterocycles. The summed E-state index contributed by atoms with van der Waals surface area (Å²) in [6.45, 7) is 17.5. The van der Waals surface area contributed by atoms with Crippen LogP contribution in [0.15, 0.2) is 49.2 Å². The van der Waals surface area contributed by atoms with Crippen molar-refractivity contribution < 1.29 is 67.9 Å². The average Bonchev–Trinajstić information content (AvgIpc) is 3.87. The predicted molar refractivity (Wildman–Crippen MR) is 279 cm³/mol. The number of likely N-dealkylation sites (N-methyl/N-ethyl adjacent to an activating group) is 2. The second-order valence-electron chi connectivity index (χ2n) is 22.7. The van der Waals surface area contributed by atoms with Gasteiger partial charge >= 0.3 is 5.97 Å². The molecule has 21 heteroatoms. The van der Waals surface area contributed by atoms with Crippen LogP contribution in [0.3, 0.4) is 0 Å². The molecule has 0 unspecified atom stereocenters. The molecule has 6 rings (SSSR count). The molecule has 0 radical (unpaired) electrons. The van der Waals surface area contributed by atoms with E-state index in [1.54, 1.807) is 67.1 Å². The number of carbonyl (C=O) groups is 1. The molecule has 0 amide bonds. The molecule has 5 heterocycles. The highest BCUT2D eigenvalue weighted by atomic mass is 19.1. The van der Waals surface area contributed by atoms with Crippen molar-refractivity contribution in [2.75, 3.05) is 48.1 Å². The number of aromatic nitrogens is 5. The highest BCUT2D eigenvalue weighted by molar-refractivity contribution is 5.73. The largest absolute Gasteiger partial charge is 0.459 e. The van der Waals surface area contributed by atoms with Crippen molar-refractivity contribution >= 4 is 5.97 Å². The number of nitrogens with zero attached hydrogens (tertiary/aromatic N) is 7. The van der Waals surface area contributed by atoms with Crippen LogP contribution in [0.5, 0.6) is 0 Å². The van der Waals surface area contributed by atoms with Gasteiger partial charge in [0.05, 0.1) is 47.2 Å². The first-order valence-electron chi connectivity index (χ1n) is 26.9. The Kier molecular flexibility index (Phi) is 21.1. The number of methoxy groups -OCH3 is 2. The number of aliphatic hydroxyl groups excluding tert-OH is 3. The van der Waals surface area contributed by atoms with Crippen LogP contribution < -0.4 is 0 Å². The van der Waals surface area contributed by atoms with E-state index in [0.29, 0.717) is 31.6 Å². The van der Waals surface area contributed by atoms with Crippen molar-refractivity contribution in [1.29, 1.82) is 0 Å². The van der Waals surface area contributed by atoms with Gasteiger partial charge in [0.25, 0.3) is 0 Å². The fraction of sp³-hybridized carbons (Fsp3) is 0.764. The number of halogens is 1. The summed E-state index contributed by atoms with van der Waals surface area (Å²) in [5.41, 5.74) is -1.48. The first-order valence-corrected chi connectivity index (χ1v) is 26.9. The zero-order chi connectivity index (χ0) is 56.0. The first-order chi connectivity index (χ1) is 35.8. The summed E-state index contributed by atoms with van der Waals surface area (Å²) in [7, 11) is 6.74. The SMILES string of the molecule is CC[C@H]1OC(=O)[C@H](C)[C@@H](O[C@H]2C[C@@](C)(OC)[C@@H](O)[C@H](C)O2)[C@H](C)[C@@H](O[C@@H]2O[C@H](C)C[C@H](N(C)CCc3cn([C@H](CF)[C@H](OC)c4ccc(-c5cncnc5)cc4)nn3)[C@H]2O)[C@](C)(O)C[C@@H](C)CN(C)[C@H](C)[C@@H](O)[C@]1(C)O. The third-order valence-electron chi connectivity index (χ3n) is 16.6. The van der Waals surface area contributed by atoms with Crippen LogP contribution in [-0.4, -0.2) is 205 Å². The van der Waals surface area contributed by atoms with E-state index in [1.165, 1.54) is 32.2 Å². The summed E-state index contributed by atoms with van der Waals surface area (Å²) in [4.78, 5) is 26.6. The molecule has 0 saturated carbocycles. The zero-order valence-corrected chi connectivity index (χ0v) is 47.1. The highest BCUT2D eigenvalue weighted by Gasteiger charge is 2.53. The Morgan fingerprint density at radius 3 is 2.22 bits per heavy atom. The number of alkyl halides is 1. The van der Waals surface area contributed by atoms with Gasteiger partial charge in [-0.15, -0.1) is 5.10 Å². The number of rotatable bonds is 16. The Morgan fingerprint density at radius 2 is 1.61 bits per heavy atom. The predicted octanol–water partition coefficient (Wildman–Crippen LogP) is 4.46. The van der Waals surface area contributed by atoms with Crippen LogP contribution in [0.2, 0.25) is 0 Å². The van der Waals surface area contributed by atoms with E-state index in [9.17, 15) is 34.7 Å². The number of hydrogen-bond donors (Lipinski definition) is 5. The van der Waals surface area contributed by atoms with Crippen molar-refractivity contribution in [3.05, 3.63) is 60.4 Å². The number of hydrogen-bond acceptors (Lipinski definition) is 19.